The van der Waals surface area contributed by atoms with Crippen molar-refractivity contribution >= 4 is 40.4 Å². The third kappa shape index (κ3) is 4.81. The summed E-state index contributed by atoms with van der Waals surface area (Å²) in [6.07, 6.45) is 1.69. The Bertz CT molecular complexity index is 1010. The zero-order valence-electron chi connectivity index (χ0n) is 16.2. The minimum Gasteiger partial charge on any atom is -0.376 e. The highest BCUT2D eigenvalue weighted by Gasteiger charge is 2.11. The molecular formula is C22H23IN4O. The molecule has 0 aliphatic heterocycles. The van der Waals surface area contributed by atoms with Crippen molar-refractivity contribution in [2.75, 3.05) is 11.9 Å². The minimum absolute atomic E-state index is 0.168. The van der Waals surface area contributed by atoms with Crippen LogP contribution in [0.3, 0.4) is 0 Å². The summed E-state index contributed by atoms with van der Waals surface area (Å²) in [6, 6.07) is 18.2. The molecule has 3 rings (SSSR count). The van der Waals surface area contributed by atoms with Gasteiger partial charge in [0.1, 0.15) is 0 Å². The van der Waals surface area contributed by atoms with Crippen LogP contribution in [-0.2, 0) is 4.79 Å². The number of nitrogens with zero attached hydrogens (tertiary/aromatic N) is 2. The molecule has 1 aromatic heterocycles. The van der Waals surface area contributed by atoms with Gasteiger partial charge in [0.2, 0.25) is 0 Å². The molecule has 0 unspecified atom stereocenters. The molecule has 0 saturated heterocycles. The van der Waals surface area contributed by atoms with Gasteiger partial charge in [-0.1, -0.05) is 29.8 Å². The van der Waals surface area contributed by atoms with E-state index >= 15 is 0 Å². The summed E-state index contributed by atoms with van der Waals surface area (Å²) in [5, 5.41) is 7.20. The highest BCUT2D eigenvalue weighted by atomic mass is 127. The molecule has 1 amide bonds. The molecule has 5 nitrogen and oxygen atoms in total. The first-order valence-electron chi connectivity index (χ1n) is 9.02. The lowest BCUT2D eigenvalue weighted by molar-refractivity contribution is -0.119. The zero-order chi connectivity index (χ0) is 20.1. The molecule has 0 fully saturated rings. The first kappa shape index (κ1) is 20.1. The van der Waals surface area contributed by atoms with E-state index in [2.05, 4.69) is 75.0 Å². The van der Waals surface area contributed by atoms with Crippen molar-refractivity contribution in [2.45, 2.75) is 20.8 Å². The summed E-state index contributed by atoms with van der Waals surface area (Å²) in [5.41, 5.74) is 8.99. The number of amides is 1. The Labute approximate surface area is 179 Å². The third-order valence-corrected chi connectivity index (χ3v) is 5.37. The number of carbonyl (C=O) groups is 1. The molecule has 0 aliphatic rings. The number of hydrogen-bond donors (Lipinski definition) is 2. The summed E-state index contributed by atoms with van der Waals surface area (Å²) in [7, 11) is 0. The van der Waals surface area contributed by atoms with E-state index in [0.29, 0.717) is 0 Å². The Kier molecular flexibility index (Phi) is 6.51. The van der Waals surface area contributed by atoms with Crippen molar-refractivity contribution < 1.29 is 4.79 Å². The van der Waals surface area contributed by atoms with Crippen LogP contribution in [0, 0.1) is 24.3 Å². The van der Waals surface area contributed by atoms with Gasteiger partial charge in [0.15, 0.2) is 0 Å². The van der Waals surface area contributed by atoms with E-state index in [9.17, 15) is 4.79 Å². The fourth-order valence-electron chi connectivity index (χ4n) is 2.99. The van der Waals surface area contributed by atoms with Crippen LogP contribution in [0.1, 0.15) is 22.5 Å². The lowest BCUT2D eigenvalue weighted by Gasteiger charge is -2.11. The molecular weight excluding hydrogens is 463 g/mol. The molecule has 2 aromatic carbocycles. The smallest absolute Gasteiger partial charge is 0.259 e. The van der Waals surface area contributed by atoms with Gasteiger partial charge in [-0.15, -0.1) is 0 Å². The first-order chi connectivity index (χ1) is 13.5. The average molecular weight is 486 g/mol. The van der Waals surface area contributed by atoms with Crippen LogP contribution in [-0.4, -0.2) is 23.2 Å². The maximum Gasteiger partial charge on any atom is 0.259 e. The molecule has 2 N–H and O–H groups in total. The standard InChI is InChI=1S/C22H23IN4O/c1-15-8-10-19(11-9-15)24-14-22(28)26-25-13-18-12-16(2)27(17(18)3)21-7-5-4-6-20(21)23/h4-13,24H,14H2,1-3H3,(H,26,28)/b25-13-. The zero-order valence-corrected chi connectivity index (χ0v) is 18.3. The maximum atomic E-state index is 12.0. The molecule has 0 bridgehead atoms. The maximum absolute atomic E-state index is 12.0. The van der Waals surface area contributed by atoms with Gasteiger partial charge >= 0.3 is 0 Å². The quantitative estimate of drug-likeness (QED) is 0.305. The van der Waals surface area contributed by atoms with Gasteiger partial charge in [0.05, 0.1) is 18.4 Å². The number of para-hydroxylation sites is 1. The van der Waals surface area contributed by atoms with E-state index < -0.39 is 0 Å². The van der Waals surface area contributed by atoms with E-state index in [1.807, 2.05) is 43.3 Å². The predicted molar refractivity (Wildman–Crippen MR) is 123 cm³/mol. The second-order valence-electron chi connectivity index (χ2n) is 6.63. The topological polar surface area (TPSA) is 58.4 Å². The minimum atomic E-state index is -0.191. The van der Waals surface area contributed by atoms with Crippen molar-refractivity contribution in [3.63, 3.8) is 0 Å². The second-order valence-corrected chi connectivity index (χ2v) is 7.79. The second kappa shape index (κ2) is 9.05. The summed E-state index contributed by atoms with van der Waals surface area (Å²) >= 11 is 2.34. The lowest BCUT2D eigenvalue weighted by atomic mass is 10.2. The number of aryl methyl sites for hydroxylation is 2. The van der Waals surface area contributed by atoms with Crippen LogP contribution in [0.2, 0.25) is 0 Å². The van der Waals surface area contributed by atoms with Crippen molar-refractivity contribution in [2.24, 2.45) is 5.10 Å². The Hall–Kier alpha value is -2.61. The number of aromatic nitrogens is 1. The van der Waals surface area contributed by atoms with Crippen LogP contribution in [0.4, 0.5) is 5.69 Å². The molecule has 144 valence electrons. The van der Waals surface area contributed by atoms with E-state index in [1.165, 1.54) is 9.13 Å². The highest BCUT2D eigenvalue weighted by molar-refractivity contribution is 14.1. The van der Waals surface area contributed by atoms with Gasteiger partial charge in [-0.3, -0.25) is 4.79 Å². The summed E-state index contributed by atoms with van der Waals surface area (Å²) in [5.74, 6) is -0.191. The van der Waals surface area contributed by atoms with E-state index in [-0.39, 0.29) is 12.5 Å². The molecule has 1 heterocycles. The average Bonchev–Trinajstić information content (AvgIpc) is 2.95. The SMILES string of the molecule is Cc1ccc(NCC(=O)N/N=C\c2cc(C)n(-c3ccccc3I)c2C)cc1. The third-order valence-electron chi connectivity index (χ3n) is 4.46. The lowest BCUT2D eigenvalue weighted by Crippen LogP contribution is -2.25. The van der Waals surface area contributed by atoms with Crippen LogP contribution >= 0.6 is 22.6 Å². The van der Waals surface area contributed by atoms with Crippen molar-refractivity contribution in [1.82, 2.24) is 9.99 Å². The molecule has 3 aromatic rings. The Morgan fingerprint density at radius 1 is 1.11 bits per heavy atom. The fraction of sp³-hybridized carbons (Fsp3) is 0.182. The van der Waals surface area contributed by atoms with Crippen molar-refractivity contribution in [3.8, 4) is 5.69 Å². The number of benzene rings is 2. The number of nitrogens with one attached hydrogen (secondary N) is 2. The number of carbonyl (C=O) groups excluding carboxylic acids is 1. The molecule has 0 saturated carbocycles. The molecule has 0 spiro atoms. The monoisotopic (exact) mass is 486 g/mol. The van der Waals surface area contributed by atoms with Gasteiger partial charge < -0.3 is 9.88 Å². The van der Waals surface area contributed by atoms with Crippen LogP contribution in [0.15, 0.2) is 59.7 Å². The van der Waals surface area contributed by atoms with Gasteiger partial charge in [0.25, 0.3) is 5.91 Å². The molecule has 28 heavy (non-hydrogen) atoms. The summed E-state index contributed by atoms with van der Waals surface area (Å²) < 4.78 is 3.38. The van der Waals surface area contributed by atoms with Crippen LogP contribution in [0.5, 0.6) is 0 Å². The van der Waals surface area contributed by atoms with E-state index in [1.54, 1.807) is 6.21 Å². The summed E-state index contributed by atoms with van der Waals surface area (Å²) in [4.78, 5) is 12.0. The highest BCUT2D eigenvalue weighted by Crippen LogP contribution is 2.23. The van der Waals surface area contributed by atoms with Crippen LogP contribution < -0.4 is 10.7 Å². The number of rotatable bonds is 6. The van der Waals surface area contributed by atoms with Gasteiger partial charge in [-0.2, -0.15) is 5.10 Å². The molecule has 0 atom stereocenters. The van der Waals surface area contributed by atoms with Crippen molar-refractivity contribution in [3.05, 3.63) is 80.7 Å². The first-order valence-corrected chi connectivity index (χ1v) is 10.1. The number of hydrazone groups is 1. The Morgan fingerprint density at radius 3 is 2.54 bits per heavy atom. The fourth-order valence-corrected chi connectivity index (χ4v) is 3.62. The van der Waals surface area contributed by atoms with Gasteiger partial charge in [0, 0.05) is 26.2 Å². The Morgan fingerprint density at radius 2 is 1.82 bits per heavy atom. The van der Waals surface area contributed by atoms with Gasteiger partial charge in [-0.25, -0.2) is 5.43 Å². The Balaban J connectivity index is 1.63. The molecule has 0 aliphatic carbocycles. The number of anilines is 1. The number of hydrogen-bond acceptors (Lipinski definition) is 3. The molecule has 6 heteroatoms. The van der Waals surface area contributed by atoms with Crippen LogP contribution in [0.25, 0.3) is 5.69 Å². The van der Waals surface area contributed by atoms with E-state index in [0.717, 1.165) is 28.3 Å². The van der Waals surface area contributed by atoms with Gasteiger partial charge in [-0.05, 0) is 73.7 Å². The largest absolute Gasteiger partial charge is 0.376 e. The van der Waals surface area contributed by atoms with E-state index in [4.69, 9.17) is 0 Å². The normalized spacial score (nSPS) is 11.0. The molecule has 0 radical (unpaired) electrons. The van der Waals surface area contributed by atoms with Crippen molar-refractivity contribution in [1.29, 1.82) is 0 Å². The summed E-state index contributed by atoms with van der Waals surface area (Å²) in [6.45, 7) is 6.32. The predicted octanol–water partition coefficient (Wildman–Crippen LogP) is 4.57. The number of halogens is 1.